The predicted molar refractivity (Wildman–Crippen MR) is 91.1 cm³/mol. The lowest BCUT2D eigenvalue weighted by Gasteiger charge is -2.21. The smallest absolute Gasteiger partial charge is 0.127 e. The monoisotopic (exact) mass is 299 g/mol. The van der Waals surface area contributed by atoms with Crippen LogP contribution in [0.15, 0.2) is 73.5 Å². The molecule has 2 rings (SSSR count). The van der Waals surface area contributed by atoms with Crippen LogP contribution in [0.4, 0.5) is 0 Å². The van der Waals surface area contributed by atoms with Gasteiger partial charge in [-0.15, -0.1) is 0 Å². The van der Waals surface area contributed by atoms with E-state index in [0.29, 0.717) is 5.76 Å². The van der Waals surface area contributed by atoms with Gasteiger partial charge in [-0.25, -0.2) is 0 Å². The van der Waals surface area contributed by atoms with Gasteiger partial charge in [0.1, 0.15) is 17.6 Å². The molecule has 1 fully saturated rings. The molecule has 1 unspecified atom stereocenters. The SMILES string of the molecule is C=C/C=C\C(=C)OC1=C/C=C/OC(CN2CCCC2)C\C=C\1. The van der Waals surface area contributed by atoms with E-state index in [2.05, 4.69) is 24.1 Å². The van der Waals surface area contributed by atoms with E-state index in [1.54, 1.807) is 24.5 Å². The van der Waals surface area contributed by atoms with Crippen molar-refractivity contribution in [2.75, 3.05) is 19.6 Å². The lowest BCUT2D eigenvalue weighted by atomic mass is 10.2. The van der Waals surface area contributed by atoms with Gasteiger partial charge in [0.05, 0.1) is 6.26 Å². The molecule has 0 aromatic carbocycles. The van der Waals surface area contributed by atoms with E-state index in [4.69, 9.17) is 9.47 Å². The molecule has 0 aromatic heterocycles. The second-order valence-corrected chi connectivity index (χ2v) is 5.46. The molecular formula is C19H25NO2. The summed E-state index contributed by atoms with van der Waals surface area (Å²) in [5.41, 5.74) is 0. The van der Waals surface area contributed by atoms with Crippen LogP contribution in [0.2, 0.25) is 0 Å². The highest BCUT2D eigenvalue weighted by molar-refractivity contribution is 5.23. The van der Waals surface area contributed by atoms with Crippen molar-refractivity contribution in [1.29, 1.82) is 0 Å². The first kappa shape index (κ1) is 16.4. The summed E-state index contributed by atoms with van der Waals surface area (Å²) in [6.07, 6.45) is 18.5. The number of allylic oxidation sites excluding steroid dienone is 6. The van der Waals surface area contributed by atoms with Crippen molar-refractivity contribution < 1.29 is 9.47 Å². The molecule has 0 amide bonds. The Bertz CT molecular complexity index is 494. The number of nitrogens with zero attached hydrogens (tertiary/aromatic N) is 1. The van der Waals surface area contributed by atoms with Gasteiger partial charge in [0.25, 0.3) is 0 Å². The molecule has 1 saturated heterocycles. The number of ether oxygens (including phenoxy) is 2. The molecule has 2 aliphatic rings. The summed E-state index contributed by atoms with van der Waals surface area (Å²) in [7, 11) is 0. The summed E-state index contributed by atoms with van der Waals surface area (Å²) in [6.45, 7) is 10.8. The number of rotatable bonds is 6. The first-order valence-corrected chi connectivity index (χ1v) is 7.85. The third kappa shape index (κ3) is 5.78. The first-order valence-electron chi connectivity index (χ1n) is 7.85. The van der Waals surface area contributed by atoms with Crippen molar-refractivity contribution in [2.45, 2.75) is 25.4 Å². The van der Waals surface area contributed by atoms with Gasteiger partial charge in [0.2, 0.25) is 0 Å². The highest BCUT2D eigenvalue weighted by Gasteiger charge is 2.17. The minimum atomic E-state index is 0.196. The van der Waals surface area contributed by atoms with E-state index in [1.165, 1.54) is 25.9 Å². The highest BCUT2D eigenvalue weighted by atomic mass is 16.5. The average Bonchev–Trinajstić information content (AvgIpc) is 3.03. The topological polar surface area (TPSA) is 21.7 Å². The van der Waals surface area contributed by atoms with E-state index < -0.39 is 0 Å². The molecule has 1 atom stereocenters. The molecule has 0 aromatic rings. The summed E-state index contributed by atoms with van der Waals surface area (Å²) in [5, 5.41) is 0. The van der Waals surface area contributed by atoms with Crippen LogP contribution in [0.5, 0.6) is 0 Å². The normalized spacial score (nSPS) is 27.8. The summed E-state index contributed by atoms with van der Waals surface area (Å²) in [4.78, 5) is 2.47. The molecule has 0 N–H and O–H groups in total. The molecule has 3 nitrogen and oxygen atoms in total. The van der Waals surface area contributed by atoms with Gasteiger partial charge in [-0.2, -0.15) is 0 Å². The van der Waals surface area contributed by atoms with Crippen molar-refractivity contribution in [3.05, 3.63) is 73.5 Å². The average molecular weight is 299 g/mol. The number of hydrogen-bond donors (Lipinski definition) is 0. The van der Waals surface area contributed by atoms with Crippen LogP contribution >= 0.6 is 0 Å². The Morgan fingerprint density at radius 1 is 1.41 bits per heavy atom. The quantitative estimate of drug-likeness (QED) is 0.544. The minimum absolute atomic E-state index is 0.196. The van der Waals surface area contributed by atoms with Crippen LogP contribution in [-0.4, -0.2) is 30.6 Å². The van der Waals surface area contributed by atoms with Gasteiger partial charge in [-0.1, -0.05) is 31.4 Å². The third-order valence-electron chi connectivity index (χ3n) is 3.62. The first-order chi connectivity index (χ1) is 10.8. The van der Waals surface area contributed by atoms with Crippen molar-refractivity contribution in [3.63, 3.8) is 0 Å². The summed E-state index contributed by atoms with van der Waals surface area (Å²) < 4.78 is 11.5. The zero-order chi connectivity index (χ0) is 15.6. The van der Waals surface area contributed by atoms with Gasteiger partial charge in [0, 0.05) is 13.0 Å². The Hall–Kier alpha value is -2.00. The fourth-order valence-electron chi connectivity index (χ4n) is 2.54. The van der Waals surface area contributed by atoms with Crippen LogP contribution < -0.4 is 0 Å². The fraction of sp³-hybridized carbons (Fsp3) is 0.368. The van der Waals surface area contributed by atoms with Gasteiger partial charge in [-0.05, 0) is 50.2 Å². The second kappa shape index (κ2) is 9.11. The van der Waals surface area contributed by atoms with Crippen molar-refractivity contribution in [2.24, 2.45) is 0 Å². The molecule has 3 heteroatoms. The van der Waals surface area contributed by atoms with Crippen LogP contribution in [-0.2, 0) is 9.47 Å². The lowest BCUT2D eigenvalue weighted by Crippen LogP contribution is -2.30. The van der Waals surface area contributed by atoms with Crippen molar-refractivity contribution in [1.82, 2.24) is 4.90 Å². The summed E-state index contributed by atoms with van der Waals surface area (Å²) in [6, 6.07) is 0. The van der Waals surface area contributed by atoms with Crippen LogP contribution in [0.3, 0.4) is 0 Å². The van der Waals surface area contributed by atoms with E-state index in [1.807, 2.05) is 18.2 Å². The predicted octanol–water partition coefficient (Wildman–Crippen LogP) is 4.10. The Kier molecular flexibility index (Phi) is 6.78. The maximum Gasteiger partial charge on any atom is 0.127 e. The van der Waals surface area contributed by atoms with Crippen LogP contribution in [0, 0.1) is 0 Å². The van der Waals surface area contributed by atoms with E-state index in [-0.39, 0.29) is 6.10 Å². The second-order valence-electron chi connectivity index (χ2n) is 5.46. The molecule has 0 radical (unpaired) electrons. The summed E-state index contributed by atoms with van der Waals surface area (Å²) in [5.74, 6) is 1.33. The number of likely N-dealkylation sites (tertiary alicyclic amines) is 1. The molecule has 22 heavy (non-hydrogen) atoms. The van der Waals surface area contributed by atoms with Gasteiger partial charge >= 0.3 is 0 Å². The van der Waals surface area contributed by atoms with E-state index in [0.717, 1.165) is 18.7 Å². The Balaban J connectivity index is 1.88. The van der Waals surface area contributed by atoms with Crippen molar-refractivity contribution >= 4 is 0 Å². The van der Waals surface area contributed by atoms with E-state index in [9.17, 15) is 0 Å². The van der Waals surface area contributed by atoms with Gasteiger partial charge in [-0.3, -0.25) is 4.90 Å². The fourth-order valence-corrected chi connectivity index (χ4v) is 2.54. The molecule has 2 aliphatic heterocycles. The maximum absolute atomic E-state index is 5.82. The standard InChI is InChI=1S/C19H25NO2/c1-3-4-9-17(2)22-18-10-7-11-19(21-15-8-12-18)16-20-13-5-6-14-20/h3-4,7-10,12,15,19H,1-2,5-6,11,13-14,16H2/b9-4-,10-7+,15-8+,18-12+. The molecule has 2 heterocycles. The molecule has 0 bridgehead atoms. The molecular weight excluding hydrogens is 274 g/mol. The highest BCUT2D eigenvalue weighted by Crippen LogP contribution is 2.15. The van der Waals surface area contributed by atoms with Crippen LogP contribution in [0.1, 0.15) is 19.3 Å². The van der Waals surface area contributed by atoms with E-state index >= 15 is 0 Å². The lowest BCUT2D eigenvalue weighted by molar-refractivity contribution is 0.106. The van der Waals surface area contributed by atoms with Gasteiger partial charge < -0.3 is 9.47 Å². The molecule has 0 saturated carbocycles. The zero-order valence-corrected chi connectivity index (χ0v) is 13.1. The van der Waals surface area contributed by atoms with Gasteiger partial charge in [0.15, 0.2) is 0 Å². The Labute approximate surface area is 133 Å². The minimum Gasteiger partial charge on any atom is -0.496 e. The summed E-state index contributed by atoms with van der Waals surface area (Å²) >= 11 is 0. The molecule has 0 spiro atoms. The molecule has 0 aliphatic carbocycles. The third-order valence-corrected chi connectivity index (χ3v) is 3.62. The largest absolute Gasteiger partial charge is 0.496 e. The van der Waals surface area contributed by atoms with Crippen LogP contribution in [0.25, 0.3) is 0 Å². The maximum atomic E-state index is 5.82. The number of hydrogen-bond acceptors (Lipinski definition) is 3. The molecule has 118 valence electrons. The Morgan fingerprint density at radius 2 is 2.23 bits per heavy atom. The van der Waals surface area contributed by atoms with Crippen molar-refractivity contribution in [3.8, 4) is 0 Å². The zero-order valence-electron chi connectivity index (χ0n) is 13.1. The Morgan fingerprint density at radius 3 is 3.00 bits per heavy atom.